The van der Waals surface area contributed by atoms with E-state index < -0.39 is 11.1 Å². The number of hydrogen-bond acceptors (Lipinski definition) is 2. The number of carbonyl (C=O) groups is 1. The van der Waals surface area contributed by atoms with Crippen molar-refractivity contribution in [2.24, 2.45) is 0 Å². The van der Waals surface area contributed by atoms with Gasteiger partial charge in [-0.05, 0) is 17.7 Å². The quantitative estimate of drug-likeness (QED) is 0.563. The van der Waals surface area contributed by atoms with Crippen LogP contribution in [0.1, 0.15) is 5.56 Å². The van der Waals surface area contributed by atoms with E-state index in [0.717, 1.165) is 11.8 Å². The Labute approximate surface area is 72.7 Å². The topological polar surface area (TPSA) is 54.4 Å². The van der Waals surface area contributed by atoms with E-state index >= 15 is 0 Å². The van der Waals surface area contributed by atoms with E-state index in [2.05, 4.69) is 0 Å². The lowest BCUT2D eigenvalue weighted by molar-refractivity contribution is -0.107. The Balaban J connectivity index is 2.95. The first-order valence-electron chi connectivity index (χ1n) is 3.37. The molecule has 0 heterocycles. The van der Waals surface area contributed by atoms with Crippen LogP contribution in [0.5, 0.6) is 0 Å². The highest BCUT2D eigenvalue weighted by Crippen LogP contribution is 2.07. The van der Waals surface area contributed by atoms with E-state index in [1.165, 1.54) is 0 Å². The molecular weight excluding hydrogens is 176 g/mol. The van der Waals surface area contributed by atoms with Crippen molar-refractivity contribution in [3.05, 3.63) is 29.8 Å². The van der Waals surface area contributed by atoms with Crippen LogP contribution < -0.4 is 0 Å². The summed E-state index contributed by atoms with van der Waals surface area (Å²) in [4.78, 5) is 10.4. The van der Waals surface area contributed by atoms with E-state index in [1.54, 1.807) is 24.3 Å². The maximum absolute atomic E-state index is 10.6. The summed E-state index contributed by atoms with van der Waals surface area (Å²) in [6.07, 6.45) is 1.05. The number of carbonyl (C=O) groups excluding carboxylic acids is 1. The molecule has 64 valence electrons. The molecule has 0 aromatic heterocycles. The van der Waals surface area contributed by atoms with Gasteiger partial charge in [-0.25, -0.2) is 4.21 Å². The first kappa shape index (κ1) is 9.09. The van der Waals surface area contributed by atoms with Crippen molar-refractivity contribution < 1.29 is 13.6 Å². The van der Waals surface area contributed by atoms with Crippen LogP contribution in [0, 0.1) is 0 Å². The van der Waals surface area contributed by atoms with E-state index in [4.69, 9.17) is 4.55 Å². The molecule has 1 rings (SSSR count). The van der Waals surface area contributed by atoms with Crippen molar-refractivity contribution in [2.45, 2.75) is 11.3 Å². The molecule has 0 spiro atoms. The molecule has 0 saturated carbocycles. The van der Waals surface area contributed by atoms with Crippen LogP contribution in [0.15, 0.2) is 29.2 Å². The maximum atomic E-state index is 10.6. The standard InChI is InChI=1S/C8H8O3S/c9-5-4-7-2-1-3-8(6-7)12(10)11/h1-3,5-6H,4H2,(H,10,11). The van der Waals surface area contributed by atoms with Crippen LogP contribution in [0.25, 0.3) is 0 Å². The minimum Gasteiger partial charge on any atom is -0.303 e. The van der Waals surface area contributed by atoms with Crippen LogP contribution >= 0.6 is 0 Å². The van der Waals surface area contributed by atoms with E-state index in [0.29, 0.717) is 4.90 Å². The van der Waals surface area contributed by atoms with Gasteiger partial charge in [-0.2, -0.15) is 0 Å². The van der Waals surface area contributed by atoms with Gasteiger partial charge >= 0.3 is 0 Å². The van der Waals surface area contributed by atoms with Gasteiger partial charge in [0.05, 0.1) is 4.90 Å². The Hall–Kier alpha value is -1.00. The van der Waals surface area contributed by atoms with Crippen LogP contribution in [0.2, 0.25) is 0 Å². The molecule has 1 N–H and O–H groups in total. The van der Waals surface area contributed by atoms with Gasteiger partial charge < -0.3 is 9.35 Å². The lowest BCUT2D eigenvalue weighted by atomic mass is 10.2. The van der Waals surface area contributed by atoms with Crippen LogP contribution in [0.3, 0.4) is 0 Å². The molecule has 0 saturated heterocycles. The zero-order chi connectivity index (χ0) is 8.97. The molecule has 0 amide bonds. The van der Waals surface area contributed by atoms with Crippen molar-refractivity contribution >= 4 is 17.4 Å². The molecule has 12 heavy (non-hydrogen) atoms. The molecule has 3 nitrogen and oxygen atoms in total. The maximum Gasteiger partial charge on any atom is 0.186 e. The van der Waals surface area contributed by atoms with Crippen molar-refractivity contribution in [3.63, 3.8) is 0 Å². The molecule has 0 fully saturated rings. The second-order valence-electron chi connectivity index (χ2n) is 2.27. The van der Waals surface area contributed by atoms with Gasteiger partial charge in [-0.3, -0.25) is 0 Å². The fraction of sp³-hybridized carbons (Fsp3) is 0.125. The van der Waals surface area contributed by atoms with Crippen LogP contribution in [0.4, 0.5) is 0 Å². The number of rotatable bonds is 3. The predicted octanol–water partition coefficient (Wildman–Crippen LogP) is 1.01. The molecule has 1 aromatic rings. The lowest BCUT2D eigenvalue weighted by Gasteiger charge is -1.97. The molecule has 0 aliphatic carbocycles. The summed E-state index contributed by atoms with van der Waals surface area (Å²) in [7, 11) is 0. The van der Waals surface area contributed by atoms with Crippen molar-refractivity contribution in [3.8, 4) is 0 Å². The van der Waals surface area contributed by atoms with E-state index in [9.17, 15) is 9.00 Å². The second-order valence-corrected chi connectivity index (χ2v) is 3.24. The van der Waals surface area contributed by atoms with Gasteiger partial charge in [-0.15, -0.1) is 0 Å². The number of aldehydes is 1. The average molecular weight is 184 g/mol. The van der Waals surface area contributed by atoms with Crippen molar-refractivity contribution in [1.29, 1.82) is 0 Å². The molecule has 0 aliphatic rings. The number of hydrogen-bond donors (Lipinski definition) is 1. The molecule has 1 aromatic carbocycles. The fourth-order valence-corrected chi connectivity index (χ4v) is 1.32. The first-order valence-corrected chi connectivity index (χ1v) is 4.48. The largest absolute Gasteiger partial charge is 0.303 e. The highest BCUT2D eigenvalue weighted by Gasteiger charge is 1.99. The summed E-state index contributed by atoms with van der Waals surface area (Å²) < 4.78 is 19.3. The third kappa shape index (κ3) is 2.25. The molecule has 1 atom stereocenters. The Kier molecular flexibility index (Phi) is 3.13. The third-order valence-electron chi connectivity index (χ3n) is 1.42. The molecule has 1 unspecified atom stereocenters. The van der Waals surface area contributed by atoms with E-state index in [-0.39, 0.29) is 6.42 Å². The minimum absolute atomic E-state index is 0.283. The zero-order valence-electron chi connectivity index (χ0n) is 6.27. The average Bonchev–Trinajstić information content (AvgIpc) is 2.05. The van der Waals surface area contributed by atoms with Crippen LogP contribution in [-0.2, 0) is 22.3 Å². The summed E-state index contributed by atoms with van der Waals surface area (Å²) in [6.45, 7) is 0. The molecular formula is C8H8O3S. The first-order chi connectivity index (χ1) is 5.74. The number of benzene rings is 1. The van der Waals surface area contributed by atoms with E-state index in [1.807, 2.05) is 0 Å². The normalized spacial score (nSPS) is 12.4. The Morgan fingerprint density at radius 1 is 1.50 bits per heavy atom. The molecule has 0 radical (unpaired) electrons. The van der Waals surface area contributed by atoms with Gasteiger partial charge in [0, 0.05) is 6.42 Å². The smallest absolute Gasteiger partial charge is 0.186 e. The molecule has 0 bridgehead atoms. The van der Waals surface area contributed by atoms with Crippen LogP contribution in [-0.4, -0.2) is 15.0 Å². The zero-order valence-corrected chi connectivity index (χ0v) is 7.08. The molecule has 4 heteroatoms. The summed E-state index contributed by atoms with van der Waals surface area (Å²) in [6, 6.07) is 6.49. The van der Waals surface area contributed by atoms with Gasteiger partial charge in [0.25, 0.3) is 0 Å². The molecule has 0 aliphatic heterocycles. The Morgan fingerprint density at radius 2 is 2.25 bits per heavy atom. The minimum atomic E-state index is -1.96. The van der Waals surface area contributed by atoms with Crippen molar-refractivity contribution in [2.75, 3.05) is 0 Å². The summed E-state index contributed by atoms with van der Waals surface area (Å²) in [5, 5.41) is 0. The Morgan fingerprint density at radius 3 is 2.83 bits per heavy atom. The van der Waals surface area contributed by atoms with Gasteiger partial charge in [-0.1, -0.05) is 12.1 Å². The summed E-state index contributed by atoms with van der Waals surface area (Å²) in [5.74, 6) is 0. The van der Waals surface area contributed by atoms with Crippen molar-refractivity contribution in [1.82, 2.24) is 0 Å². The van der Waals surface area contributed by atoms with Gasteiger partial charge in [0.1, 0.15) is 6.29 Å². The monoisotopic (exact) mass is 184 g/mol. The Bertz CT molecular complexity index is 309. The second kappa shape index (κ2) is 4.13. The van der Waals surface area contributed by atoms with Gasteiger partial charge in [0.15, 0.2) is 11.1 Å². The summed E-state index contributed by atoms with van der Waals surface area (Å²) >= 11 is -1.96. The SMILES string of the molecule is O=CCc1cccc(S(=O)O)c1. The lowest BCUT2D eigenvalue weighted by Crippen LogP contribution is -1.91. The third-order valence-corrected chi connectivity index (χ3v) is 2.08. The van der Waals surface area contributed by atoms with Gasteiger partial charge in [0.2, 0.25) is 0 Å². The highest BCUT2D eigenvalue weighted by atomic mass is 32.2. The fourth-order valence-electron chi connectivity index (χ4n) is 0.877. The highest BCUT2D eigenvalue weighted by molar-refractivity contribution is 7.79. The predicted molar refractivity (Wildman–Crippen MR) is 45.2 cm³/mol. The summed E-state index contributed by atoms with van der Waals surface area (Å²) in [5.41, 5.74) is 0.755.